The molecule has 4 nitrogen and oxygen atoms in total. The highest BCUT2D eigenvalue weighted by molar-refractivity contribution is 5.81. The number of ether oxygens (including phenoxy) is 1. The summed E-state index contributed by atoms with van der Waals surface area (Å²) in [5, 5.41) is 6.42. The van der Waals surface area contributed by atoms with Crippen LogP contribution < -0.4 is 15.4 Å². The van der Waals surface area contributed by atoms with Gasteiger partial charge in [0.2, 0.25) is 5.91 Å². The van der Waals surface area contributed by atoms with Crippen molar-refractivity contribution < 1.29 is 9.53 Å². The van der Waals surface area contributed by atoms with Gasteiger partial charge in [0.05, 0.1) is 13.2 Å². The zero-order valence-electron chi connectivity index (χ0n) is 13.0. The Morgan fingerprint density at radius 1 is 1.33 bits per heavy atom. The molecule has 0 bridgehead atoms. The molecule has 1 saturated carbocycles. The number of hydrogen-bond donors (Lipinski definition) is 2. The molecule has 1 fully saturated rings. The van der Waals surface area contributed by atoms with E-state index in [2.05, 4.69) is 10.6 Å². The van der Waals surface area contributed by atoms with Crippen molar-refractivity contribution in [1.29, 1.82) is 0 Å². The second kappa shape index (κ2) is 8.03. The molecule has 1 atom stereocenters. The molecular formula is C17H26N2O2. The molecule has 1 amide bonds. The maximum Gasteiger partial charge on any atom is 0.237 e. The van der Waals surface area contributed by atoms with Crippen molar-refractivity contribution >= 4 is 5.91 Å². The van der Waals surface area contributed by atoms with Crippen molar-refractivity contribution in [3.05, 3.63) is 29.8 Å². The van der Waals surface area contributed by atoms with E-state index in [1.807, 2.05) is 31.2 Å². The first-order chi connectivity index (χ1) is 10.2. The van der Waals surface area contributed by atoms with Crippen LogP contribution in [-0.4, -0.2) is 25.1 Å². The minimum absolute atomic E-state index is 0.102. The SMILES string of the molecule is COc1cccc(CNC(C)C(=O)NC2CCCCC2)c1. The van der Waals surface area contributed by atoms with Crippen molar-refractivity contribution in [3.8, 4) is 5.75 Å². The van der Waals surface area contributed by atoms with E-state index in [0.29, 0.717) is 12.6 Å². The summed E-state index contributed by atoms with van der Waals surface area (Å²) in [5.74, 6) is 0.943. The molecule has 0 aliphatic heterocycles. The van der Waals surface area contributed by atoms with Gasteiger partial charge in [-0.2, -0.15) is 0 Å². The van der Waals surface area contributed by atoms with Crippen LogP contribution in [0, 0.1) is 0 Å². The first kappa shape index (κ1) is 15.8. The highest BCUT2D eigenvalue weighted by Crippen LogP contribution is 2.17. The predicted molar refractivity (Wildman–Crippen MR) is 84.3 cm³/mol. The van der Waals surface area contributed by atoms with Crippen LogP contribution in [-0.2, 0) is 11.3 Å². The minimum atomic E-state index is -0.182. The van der Waals surface area contributed by atoms with E-state index >= 15 is 0 Å². The summed E-state index contributed by atoms with van der Waals surface area (Å²) in [6.07, 6.45) is 6.01. The summed E-state index contributed by atoms with van der Waals surface area (Å²) in [7, 11) is 1.66. The Kier molecular flexibility index (Phi) is 6.05. The van der Waals surface area contributed by atoms with Crippen LogP contribution in [0.4, 0.5) is 0 Å². The number of carbonyl (C=O) groups excluding carboxylic acids is 1. The molecule has 1 unspecified atom stereocenters. The zero-order chi connectivity index (χ0) is 15.1. The highest BCUT2D eigenvalue weighted by Gasteiger charge is 2.19. The number of carbonyl (C=O) groups is 1. The van der Waals surface area contributed by atoms with Crippen LogP contribution in [0.25, 0.3) is 0 Å². The van der Waals surface area contributed by atoms with Gasteiger partial charge in [-0.3, -0.25) is 4.79 Å². The zero-order valence-corrected chi connectivity index (χ0v) is 13.0. The normalized spacial score (nSPS) is 17.2. The average molecular weight is 290 g/mol. The van der Waals surface area contributed by atoms with Crippen molar-refractivity contribution in [1.82, 2.24) is 10.6 Å². The third-order valence-corrected chi connectivity index (χ3v) is 4.09. The quantitative estimate of drug-likeness (QED) is 0.847. The van der Waals surface area contributed by atoms with Gasteiger partial charge < -0.3 is 15.4 Å². The number of amides is 1. The van der Waals surface area contributed by atoms with Gasteiger partial charge in [-0.05, 0) is 37.5 Å². The maximum absolute atomic E-state index is 12.2. The Balaban J connectivity index is 1.77. The molecule has 116 valence electrons. The fourth-order valence-corrected chi connectivity index (χ4v) is 2.72. The van der Waals surface area contributed by atoms with Crippen molar-refractivity contribution in [3.63, 3.8) is 0 Å². The lowest BCUT2D eigenvalue weighted by molar-refractivity contribution is -0.123. The summed E-state index contributed by atoms with van der Waals surface area (Å²) in [6.45, 7) is 2.58. The summed E-state index contributed by atoms with van der Waals surface area (Å²) in [4.78, 5) is 12.2. The number of benzene rings is 1. The van der Waals surface area contributed by atoms with Gasteiger partial charge in [0.25, 0.3) is 0 Å². The molecule has 1 aromatic carbocycles. The van der Waals surface area contributed by atoms with E-state index in [9.17, 15) is 4.79 Å². The smallest absolute Gasteiger partial charge is 0.237 e. The molecule has 0 spiro atoms. The Labute approximate surface area is 127 Å². The van der Waals surface area contributed by atoms with E-state index in [4.69, 9.17) is 4.74 Å². The number of hydrogen-bond acceptors (Lipinski definition) is 3. The fraction of sp³-hybridized carbons (Fsp3) is 0.588. The second-order valence-electron chi connectivity index (χ2n) is 5.80. The van der Waals surface area contributed by atoms with Crippen LogP contribution >= 0.6 is 0 Å². The van der Waals surface area contributed by atoms with E-state index < -0.39 is 0 Å². The topological polar surface area (TPSA) is 50.4 Å². The van der Waals surface area contributed by atoms with Gasteiger partial charge in [0.1, 0.15) is 5.75 Å². The molecule has 21 heavy (non-hydrogen) atoms. The molecule has 2 rings (SSSR count). The summed E-state index contributed by atoms with van der Waals surface area (Å²) in [5.41, 5.74) is 1.12. The standard InChI is InChI=1S/C17H26N2O2/c1-13(17(20)19-15-8-4-3-5-9-15)18-12-14-7-6-10-16(11-14)21-2/h6-7,10-11,13,15,18H,3-5,8-9,12H2,1-2H3,(H,19,20). The molecule has 0 radical (unpaired) electrons. The van der Waals surface area contributed by atoms with Crippen molar-refractivity contribution in [2.24, 2.45) is 0 Å². The fourth-order valence-electron chi connectivity index (χ4n) is 2.72. The summed E-state index contributed by atoms with van der Waals surface area (Å²) >= 11 is 0. The number of nitrogens with one attached hydrogen (secondary N) is 2. The summed E-state index contributed by atoms with van der Waals surface area (Å²) < 4.78 is 5.20. The largest absolute Gasteiger partial charge is 0.497 e. The predicted octanol–water partition coefficient (Wildman–Crippen LogP) is 2.62. The van der Waals surface area contributed by atoms with Crippen molar-refractivity contribution in [2.45, 2.75) is 57.7 Å². The van der Waals surface area contributed by atoms with Crippen LogP contribution in [0.2, 0.25) is 0 Å². The maximum atomic E-state index is 12.2. The van der Waals surface area contributed by atoms with Gasteiger partial charge >= 0.3 is 0 Å². The molecule has 0 aromatic heterocycles. The lowest BCUT2D eigenvalue weighted by Crippen LogP contribution is -2.46. The van der Waals surface area contributed by atoms with E-state index in [0.717, 1.165) is 24.2 Å². The first-order valence-corrected chi connectivity index (χ1v) is 7.85. The van der Waals surface area contributed by atoms with E-state index in [1.54, 1.807) is 7.11 Å². The first-order valence-electron chi connectivity index (χ1n) is 7.85. The van der Waals surface area contributed by atoms with Gasteiger partial charge in [0, 0.05) is 12.6 Å². The van der Waals surface area contributed by atoms with Gasteiger partial charge in [-0.25, -0.2) is 0 Å². The third kappa shape index (κ3) is 5.05. The van der Waals surface area contributed by atoms with Gasteiger partial charge in [0.15, 0.2) is 0 Å². The third-order valence-electron chi connectivity index (χ3n) is 4.09. The van der Waals surface area contributed by atoms with Gasteiger partial charge in [-0.1, -0.05) is 31.4 Å². The monoisotopic (exact) mass is 290 g/mol. The van der Waals surface area contributed by atoms with Crippen LogP contribution in [0.15, 0.2) is 24.3 Å². The summed E-state index contributed by atoms with van der Waals surface area (Å²) in [6, 6.07) is 8.08. The lowest BCUT2D eigenvalue weighted by Gasteiger charge is -2.24. The van der Waals surface area contributed by atoms with Crippen molar-refractivity contribution in [2.75, 3.05) is 7.11 Å². The molecular weight excluding hydrogens is 264 g/mol. The Hall–Kier alpha value is -1.55. The number of methoxy groups -OCH3 is 1. The molecule has 1 aliphatic carbocycles. The van der Waals surface area contributed by atoms with Gasteiger partial charge in [-0.15, -0.1) is 0 Å². The molecule has 1 aliphatic rings. The Bertz CT molecular complexity index is 456. The van der Waals surface area contributed by atoms with E-state index in [1.165, 1.54) is 19.3 Å². The molecule has 0 saturated heterocycles. The second-order valence-corrected chi connectivity index (χ2v) is 5.80. The lowest BCUT2D eigenvalue weighted by atomic mass is 9.95. The highest BCUT2D eigenvalue weighted by atomic mass is 16.5. The Morgan fingerprint density at radius 3 is 2.81 bits per heavy atom. The molecule has 1 aromatic rings. The number of rotatable bonds is 6. The Morgan fingerprint density at radius 2 is 2.10 bits per heavy atom. The van der Waals surface area contributed by atoms with Crippen LogP contribution in [0.5, 0.6) is 5.75 Å². The van der Waals surface area contributed by atoms with E-state index in [-0.39, 0.29) is 11.9 Å². The molecule has 2 N–H and O–H groups in total. The molecule has 0 heterocycles. The van der Waals surface area contributed by atoms with Crippen LogP contribution in [0.1, 0.15) is 44.6 Å². The van der Waals surface area contributed by atoms with Crippen LogP contribution in [0.3, 0.4) is 0 Å². The molecule has 4 heteroatoms. The average Bonchev–Trinajstić information content (AvgIpc) is 2.53. The minimum Gasteiger partial charge on any atom is -0.497 e.